The van der Waals surface area contributed by atoms with Gasteiger partial charge in [0.1, 0.15) is 12.4 Å². The summed E-state index contributed by atoms with van der Waals surface area (Å²) < 4.78 is 5.93. The van der Waals surface area contributed by atoms with Gasteiger partial charge in [-0.1, -0.05) is 26.0 Å². The zero-order valence-corrected chi connectivity index (χ0v) is 12.2. The van der Waals surface area contributed by atoms with Crippen molar-refractivity contribution in [2.75, 3.05) is 5.43 Å². The Balaban J connectivity index is 2.15. The second-order valence-electron chi connectivity index (χ2n) is 5.16. The van der Waals surface area contributed by atoms with Crippen LogP contribution in [0.3, 0.4) is 0 Å². The second-order valence-corrected chi connectivity index (χ2v) is 5.16. The van der Waals surface area contributed by atoms with Gasteiger partial charge in [-0.25, -0.2) is 0 Å². The normalized spacial score (nSPS) is 10.7. The third kappa shape index (κ3) is 3.48. The number of aryl methyl sites for hydroxylation is 1. The lowest BCUT2D eigenvalue weighted by molar-refractivity contribution is 0.297. The van der Waals surface area contributed by atoms with Crippen molar-refractivity contribution in [2.24, 2.45) is 5.84 Å². The minimum atomic E-state index is 0.426. The molecule has 4 nitrogen and oxygen atoms in total. The zero-order chi connectivity index (χ0) is 14.5. The Labute approximate surface area is 120 Å². The Morgan fingerprint density at radius 3 is 2.75 bits per heavy atom. The van der Waals surface area contributed by atoms with Gasteiger partial charge in [0.05, 0.1) is 11.4 Å². The highest BCUT2D eigenvalue weighted by atomic mass is 16.5. The lowest BCUT2D eigenvalue weighted by Gasteiger charge is -2.15. The van der Waals surface area contributed by atoms with Crippen LogP contribution in [0, 0.1) is 6.92 Å². The molecule has 4 heteroatoms. The predicted molar refractivity (Wildman–Crippen MR) is 81.6 cm³/mol. The second kappa shape index (κ2) is 6.39. The maximum absolute atomic E-state index is 5.93. The van der Waals surface area contributed by atoms with E-state index in [2.05, 4.69) is 49.4 Å². The number of hydrazine groups is 1. The van der Waals surface area contributed by atoms with Crippen LogP contribution < -0.4 is 16.0 Å². The van der Waals surface area contributed by atoms with E-state index in [1.54, 1.807) is 6.20 Å². The van der Waals surface area contributed by atoms with Gasteiger partial charge in [-0.3, -0.25) is 10.8 Å². The van der Waals surface area contributed by atoms with Gasteiger partial charge in [0.25, 0.3) is 0 Å². The Morgan fingerprint density at radius 2 is 2.05 bits per heavy atom. The average Bonchev–Trinajstić information content (AvgIpc) is 2.45. The molecule has 0 radical (unpaired) electrons. The summed E-state index contributed by atoms with van der Waals surface area (Å²) in [5.74, 6) is 6.74. The lowest BCUT2D eigenvalue weighted by Crippen LogP contribution is -2.08. The zero-order valence-electron chi connectivity index (χ0n) is 12.2. The summed E-state index contributed by atoms with van der Waals surface area (Å²) >= 11 is 0. The van der Waals surface area contributed by atoms with Crippen LogP contribution in [0.1, 0.15) is 36.6 Å². The number of ether oxygens (including phenoxy) is 1. The summed E-state index contributed by atoms with van der Waals surface area (Å²) in [6.45, 7) is 6.82. The fourth-order valence-electron chi connectivity index (χ4n) is 2.04. The number of nitrogen functional groups attached to an aromatic ring is 1. The van der Waals surface area contributed by atoms with Crippen LogP contribution in [0.15, 0.2) is 36.5 Å². The summed E-state index contributed by atoms with van der Waals surface area (Å²) in [6, 6.07) is 10.0. The molecule has 106 valence electrons. The average molecular weight is 271 g/mol. The number of anilines is 1. The molecule has 0 fully saturated rings. The quantitative estimate of drug-likeness (QED) is 0.646. The Bertz CT molecular complexity index is 582. The number of hydrogen-bond acceptors (Lipinski definition) is 4. The molecule has 0 aliphatic heterocycles. The van der Waals surface area contributed by atoms with Gasteiger partial charge in [0.2, 0.25) is 0 Å². The molecule has 20 heavy (non-hydrogen) atoms. The molecule has 1 aromatic heterocycles. The van der Waals surface area contributed by atoms with Crippen LogP contribution in [0.5, 0.6) is 5.75 Å². The van der Waals surface area contributed by atoms with E-state index in [0.717, 1.165) is 17.1 Å². The van der Waals surface area contributed by atoms with E-state index < -0.39 is 0 Å². The van der Waals surface area contributed by atoms with Crippen LogP contribution >= 0.6 is 0 Å². The third-order valence-electron chi connectivity index (χ3n) is 3.15. The summed E-state index contributed by atoms with van der Waals surface area (Å²) in [7, 11) is 0. The summed E-state index contributed by atoms with van der Waals surface area (Å²) in [5, 5.41) is 0. The number of nitrogens with two attached hydrogens (primary N) is 1. The van der Waals surface area contributed by atoms with E-state index in [-0.39, 0.29) is 0 Å². The van der Waals surface area contributed by atoms with Gasteiger partial charge in [-0.05, 0) is 42.2 Å². The molecule has 0 aliphatic carbocycles. The van der Waals surface area contributed by atoms with Gasteiger partial charge in [0.15, 0.2) is 0 Å². The van der Waals surface area contributed by atoms with Gasteiger partial charge >= 0.3 is 0 Å². The van der Waals surface area contributed by atoms with Gasteiger partial charge in [-0.15, -0.1) is 0 Å². The number of rotatable bonds is 5. The smallest absolute Gasteiger partial charge is 0.130 e. The summed E-state index contributed by atoms with van der Waals surface area (Å²) in [5.41, 5.74) is 6.68. The predicted octanol–water partition coefficient (Wildman–Crippen LogP) is 3.38. The van der Waals surface area contributed by atoms with Crippen molar-refractivity contribution in [2.45, 2.75) is 33.3 Å². The maximum atomic E-state index is 5.93. The molecule has 0 unspecified atom stereocenters. The fourth-order valence-corrected chi connectivity index (χ4v) is 2.04. The molecule has 1 aromatic carbocycles. The monoisotopic (exact) mass is 271 g/mol. The maximum Gasteiger partial charge on any atom is 0.130 e. The van der Waals surface area contributed by atoms with Crippen LogP contribution in [0.4, 0.5) is 5.69 Å². The highest BCUT2D eigenvalue weighted by Gasteiger charge is 2.08. The van der Waals surface area contributed by atoms with Crippen molar-refractivity contribution < 1.29 is 4.74 Å². The Kier molecular flexibility index (Phi) is 4.58. The number of hydrogen-bond donors (Lipinski definition) is 2. The first-order valence-electron chi connectivity index (χ1n) is 6.75. The first kappa shape index (κ1) is 14.3. The SMILES string of the molecule is Cc1ccc(C(C)C)c(OCc2cc(NN)ccn2)c1. The molecule has 0 spiro atoms. The molecule has 1 heterocycles. The molecule has 3 N–H and O–H groups in total. The highest BCUT2D eigenvalue weighted by Crippen LogP contribution is 2.28. The number of benzene rings is 1. The van der Waals surface area contributed by atoms with Crippen LogP contribution in [-0.2, 0) is 6.61 Å². The van der Waals surface area contributed by atoms with Gasteiger partial charge < -0.3 is 10.2 Å². The summed E-state index contributed by atoms with van der Waals surface area (Å²) in [6.07, 6.45) is 1.72. The fraction of sp³-hybridized carbons (Fsp3) is 0.312. The Hall–Kier alpha value is -2.07. The van der Waals surface area contributed by atoms with Crippen molar-refractivity contribution >= 4 is 5.69 Å². The number of nitrogens with one attached hydrogen (secondary N) is 1. The first-order valence-corrected chi connectivity index (χ1v) is 6.75. The van der Waals surface area contributed by atoms with E-state index in [1.807, 2.05) is 12.1 Å². The molecule has 0 amide bonds. The van der Waals surface area contributed by atoms with Gasteiger partial charge in [-0.2, -0.15) is 0 Å². The minimum Gasteiger partial charge on any atom is -0.487 e. The summed E-state index contributed by atoms with van der Waals surface area (Å²) in [4.78, 5) is 4.28. The molecule has 0 bridgehead atoms. The van der Waals surface area contributed by atoms with Crippen molar-refractivity contribution in [3.05, 3.63) is 53.3 Å². The van der Waals surface area contributed by atoms with E-state index in [4.69, 9.17) is 10.6 Å². The van der Waals surface area contributed by atoms with E-state index in [1.165, 1.54) is 11.1 Å². The standard InChI is InChI=1S/C16H21N3O/c1-11(2)15-5-4-12(3)8-16(15)20-10-14-9-13(19-17)6-7-18-14/h4-9,11H,10,17H2,1-3H3,(H,18,19). The molecule has 0 saturated carbocycles. The molecule has 0 aliphatic rings. The lowest BCUT2D eigenvalue weighted by atomic mass is 10.0. The largest absolute Gasteiger partial charge is 0.487 e. The number of nitrogens with zero attached hydrogens (tertiary/aromatic N) is 1. The number of pyridine rings is 1. The van der Waals surface area contributed by atoms with Crippen LogP contribution in [0.25, 0.3) is 0 Å². The Morgan fingerprint density at radius 1 is 1.25 bits per heavy atom. The van der Waals surface area contributed by atoms with Crippen molar-refractivity contribution in [1.29, 1.82) is 0 Å². The first-order chi connectivity index (χ1) is 9.60. The van der Waals surface area contributed by atoms with Crippen molar-refractivity contribution in [1.82, 2.24) is 4.98 Å². The van der Waals surface area contributed by atoms with Crippen LogP contribution in [0.2, 0.25) is 0 Å². The van der Waals surface area contributed by atoms with Crippen molar-refractivity contribution in [3.8, 4) is 5.75 Å². The third-order valence-corrected chi connectivity index (χ3v) is 3.15. The van der Waals surface area contributed by atoms with Gasteiger partial charge in [0, 0.05) is 6.20 Å². The molecule has 0 atom stereocenters. The molecule has 0 saturated heterocycles. The topological polar surface area (TPSA) is 60.2 Å². The van der Waals surface area contributed by atoms with Crippen molar-refractivity contribution in [3.63, 3.8) is 0 Å². The molecule has 2 aromatic rings. The van der Waals surface area contributed by atoms with E-state index in [9.17, 15) is 0 Å². The molecular weight excluding hydrogens is 250 g/mol. The number of aromatic nitrogens is 1. The van der Waals surface area contributed by atoms with E-state index >= 15 is 0 Å². The van der Waals surface area contributed by atoms with Crippen LogP contribution in [-0.4, -0.2) is 4.98 Å². The van der Waals surface area contributed by atoms with E-state index in [0.29, 0.717) is 12.5 Å². The molecule has 2 rings (SSSR count). The minimum absolute atomic E-state index is 0.426. The molecular formula is C16H21N3O. The highest BCUT2D eigenvalue weighted by molar-refractivity contribution is 5.42.